The lowest BCUT2D eigenvalue weighted by atomic mass is 10.1. The van der Waals surface area contributed by atoms with E-state index in [2.05, 4.69) is 105 Å². The molecule has 1 aromatic rings. The van der Waals surface area contributed by atoms with Crippen molar-refractivity contribution in [1.82, 2.24) is 9.55 Å². The Labute approximate surface area is 227 Å². The lowest BCUT2D eigenvalue weighted by Crippen LogP contribution is -2.51. The normalized spacial score (nSPS) is 24.0. The van der Waals surface area contributed by atoms with Gasteiger partial charge in [0.2, 0.25) is 0 Å². The van der Waals surface area contributed by atoms with Gasteiger partial charge < -0.3 is 18.7 Å². The molecule has 1 fully saturated rings. The van der Waals surface area contributed by atoms with E-state index in [1.165, 1.54) is 10.6 Å². The highest BCUT2D eigenvalue weighted by Crippen LogP contribution is 2.42. The van der Waals surface area contributed by atoms with Gasteiger partial charge in [-0.2, -0.15) is 0 Å². The number of H-pyrrole nitrogens is 1. The van der Waals surface area contributed by atoms with Gasteiger partial charge in [0.05, 0.1) is 15.7 Å². The number of nitrogens with one attached hydrogen (secondary N) is 1. The monoisotopic (exact) mass is 654 g/mol. The average Bonchev–Trinajstić information content (AvgIpc) is 2.92. The second kappa shape index (κ2) is 10.8. The highest BCUT2D eigenvalue weighted by molar-refractivity contribution is 9.28. The second-order valence-electron chi connectivity index (χ2n) is 12.1. The largest absolute Gasteiger partial charge is 0.414 e. The van der Waals surface area contributed by atoms with E-state index in [0.717, 1.165) is 0 Å². The van der Waals surface area contributed by atoms with Crippen LogP contribution in [0.25, 0.3) is 6.08 Å². The molecule has 1 aliphatic rings. The van der Waals surface area contributed by atoms with E-state index in [4.69, 9.17) is 13.6 Å². The Balaban J connectivity index is 2.54. The first kappa shape index (κ1) is 30.9. The third kappa shape index (κ3) is 7.15. The van der Waals surface area contributed by atoms with Gasteiger partial charge in [-0.3, -0.25) is 14.3 Å². The molecular formula is C23H40Br2N2O6Si2. The lowest BCUT2D eigenvalue weighted by molar-refractivity contribution is -0.0531. The Hall–Kier alpha value is -0.346. The number of aromatic amines is 1. The average molecular weight is 657 g/mol. The molecule has 4 atom stereocenters. The summed E-state index contributed by atoms with van der Waals surface area (Å²) in [7, 11) is -4.43. The van der Waals surface area contributed by atoms with Crippen LogP contribution < -0.4 is 11.2 Å². The number of aromatic nitrogens is 2. The van der Waals surface area contributed by atoms with Crippen molar-refractivity contribution in [2.24, 2.45) is 0 Å². The van der Waals surface area contributed by atoms with Crippen molar-refractivity contribution in [2.45, 2.75) is 102 Å². The molecule has 0 radical (unpaired) electrons. The number of aliphatic hydroxyl groups excluding tert-OH is 1. The van der Waals surface area contributed by atoms with Gasteiger partial charge in [0.1, 0.15) is 18.3 Å². The zero-order chi connectivity index (χ0) is 27.1. The fraction of sp³-hybridized carbons (Fsp3) is 0.739. The van der Waals surface area contributed by atoms with Crippen LogP contribution in [-0.4, -0.2) is 56.2 Å². The van der Waals surface area contributed by atoms with E-state index < -0.39 is 52.4 Å². The second-order valence-corrected chi connectivity index (χ2v) is 24.5. The lowest BCUT2D eigenvalue weighted by Gasteiger charge is -2.41. The zero-order valence-electron chi connectivity index (χ0n) is 22.4. The van der Waals surface area contributed by atoms with Crippen LogP contribution in [-0.2, 0) is 13.6 Å². The van der Waals surface area contributed by atoms with E-state index >= 15 is 0 Å². The SMILES string of the molecule is CC(C)(C)[Si](C)(C)OC[C@H]1O[C@@H](n2c(C=C(Br)Br)cc(=O)[nH]c2=O)[C@@H](O)[C@@H]1O[Si](C)(C)C(C)(C)C. The summed E-state index contributed by atoms with van der Waals surface area (Å²) in [5.74, 6) is 0. The predicted molar refractivity (Wildman–Crippen MR) is 152 cm³/mol. The Morgan fingerprint density at radius 1 is 1.11 bits per heavy atom. The van der Waals surface area contributed by atoms with Crippen LogP contribution in [0.4, 0.5) is 0 Å². The molecule has 0 spiro atoms. The Morgan fingerprint density at radius 3 is 2.14 bits per heavy atom. The summed E-state index contributed by atoms with van der Waals surface area (Å²) >= 11 is 6.56. The van der Waals surface area contributed by atoms with Crippen molar-refractivity contribution < 1.29 is 18.7 Å². The van der Waals surface area contributed by atoms with Crippen molar-refractivity contribution >= 4 is 54.6 Å². The summed E-state index contributed by atoms with van der Waals surface area (Å²) in [6, 6.07) is 1.28. The van der Waals surface area contributed by atoms with E-state index in [9.17, 15) is 14.7 Å². The standard InChI is InChI=1S/C23H40Br2N2O6Si2/c1-22(2,3)34(7,8)31-13-15-19(33-35(9,10)23(4,5)6)18(29)20(32-15)27-14(11-16(24)25)12-17(28)26-21(27)30/h11-12,15,18-20,29H,13H2,1-10H3,(H,26,28,30)/t15-,18+,19-,20-/m1/s1. The number of rotatable bonds is 7. The topological polar surface area (TPSA) is 103 Å². The van der Waals surface area contributed by atoms with Crippen molar-refractivity contribution in [3.8, 4) is 0 Å². The van der Waals surface area contributed by atoms with Gasteiger partial charge >= 0.3 is 5.69 Å². The highest BCUT2D eigenvalue weighted by Gasteiger charge is 2.51. The number of halogens is 2. The summed E-state index contributed by atoms with van der Waals surface area (Å²) in [6.45, 7) is 21.6. The molecule has 12 heteroatoms. The molecule has 1 aromatic heterocycles. The highest BCUT2D eigenvalue weighted by atomic mass is 79.9. The van der Waals surface area contributed by atoms with Crippen LogP contribution in [0.2, 0.25) is 36.3 Å². The van der Waals surface area contributed by atoms with Crippen LogP contribution in [0.5, 0.6) is 0 Å². The van der Waals surface area contributed by atoms with Gasteiger partial charge in [0, 0.05) is 6.07 Å². The molecule has 0 unspecified atom stereocenters. The molecule has 2 N–H and O–H groups in total. The summed E-state index contributed by atoms with van der Waals surface area (Å²) < 4.78 is 21.2. The molecule has 0 aromatic carbocycles. The van der Waals surface area contributed by atoms with Crippen LogP contribution in [0.1, 0.15) is 53.5 Å². The van der Waals surface area contributed by atoms with Crippen LogP contribution in [0.3, 0.4) is 0 Å². The maximum absolute atomic E-state index is 12.9. The number of aliphatic hydroxyl groups is 1. The van der Waals surface area contributed by atoms with Gasteiger partial charge in [-0.25, -0.2) is 4.79 Å². The first-order chi connectivity index (χ1) is 15.7. The molecule has 8 nitrogen and oxygen atoms in total. The summed E-state index contributed by atoms with van der Waals surface area (Å²) in [5.41, 5.74) is -0.937. The number of hydrogen-bond donors (Lipinski definition) is 2. The van der Waals surface area contributed by atoms with Gasteiger partial charge in [0.25, 0.3) is 5.56 Å². The third-order valence-electron chi connectivity index (χ3n) is 7.48. The third-order valence-corrected chi connectivity index (χ3v) is 16.9. The van der Waals surface area contributed by atoms with Crippen LogP contribution >= 0.6 is 31.9 Å². The maximum Gasteiger partial charge on any atom is 0.331 e. The fourth-order valence-electron chi connectivity index (χ4n) is 3.24. The molecule has 0 amide bonds. The Kier molecular flexibility index (Phi) is 9.52. The van der Waals surface area contributed by atoms with Gasteiger partial charge in [-0.05, 0) is 74.2 Å². The molecule has 0 saturated carbocycles. The Morgan fingerprint density at radius 2 is 1.66 bits per heavy atom. The fourth-order valence-corrected chi connectivity index (χ4v) is 6.05. The molecule has 2 heterocycles. The molecule has 0 bridgehead atoms. The smallest absolute Gasteiger partial charge is 0.331 e. The predicted octanol–water partition coefficient (Wildman–Crippen LogP) is 5.30. The summed E-state index contributed by atoms with van der Waals surface area (Å²) in [4.78, 5) is 27.2. The van der Waals surface area contributed by atoms with E-state index in [0.29, 0.717) is 3.39 Å². The zero-order valence-corrected chi connectivity index (χ0v) is 27.5. The number of nitrogens with zero attached hydrogens (tertiary/aromatic N) is 1. The number of ether oxygens (including phenoxy) is 1. The summed E-state index contributed by atoms with van der Waals surface area (Å²) in [6.07, 6.45) is -1.94. The molecule has 0 aliphatic carbocycles. The molecule has 200 valence electrons. The molecule has 1 saturated heterocycles. The number of hydrogen-bond acceptors (Lipinski definition) is 6. The molecule has 1 aliphatic heterocycles. The van der Waals surface area contributed by atoms with E-state index in [1.807, 2.05) is 0 Å². The molecule has 2 rings (SSSR count). The molecule has 35 heavy (non-hydrogen) atoms. The van der Waals surface area contributed by atoms with Gasteiger partial charge in [0.15, 0.2) is 22.9 Å². The maximum atomic E-state index is 12.9. The minimum Gasteiger partial charge on any atom is -0.414 e. The Bertz CT molecular complexity index is 1050. The minimum atomic E-state index is -2.31. The summed E-state index contributed by atoms with van der Waals surface area (Å²) in [5, 5.41) is 11.4. The van der Waals surface area contributed by atoms with Crippen molar-refractivity contribution in [3.05, 3.63) is 36.0 Å². The first-order valence-corrected chi connectivity index (χ1v) is 19.1. The van der Waals surface area contributed by atoms with E-state index in [1.54, 1.807) is 6.08 Å². The molecular weight excluding hydrogens is 616 g/mol. The first-order valence-electron chi connectivity index (χ1n) is 11.7. The van der Waals surface area contributed by atoms with Crippen molar-refractivity contribution in [2.75, 3.05) is 6.61 Å². The van der Waals surface area contributed by atoms with Crippen LogP contribution in [0.15, 0.2) is 19.0 Å². The van der Waals surface area contributed by atoms with Crippen molar-refractivity contribution in [1.29, 1.82) is 0 Å². The van der Waals surface area contributed by atoms with Crippen LogP contribution in [0, 0.1) is 0 Å². The van der Waals surface area contributed by atoms with Gasteiger partial charge in [-0.1, -0.05) is 41.5 Å². The quantitative estimate of drug-likeness (QED) is 0.387. The minimum absolute atomic E-state index is 0.00459. The van der Waals surface area contributed by atoms with Gasteiger partial charge in [-0.15, -0.1) is 0 Å². The van der Waals surface area contributed by atoms with E-state index in [-0.39, 0.29) is 22.4 Å². The van der Waals surface area contributed by atoms with Crippen molar-refractivity contribution in [3.63, 3.8) is 0 Å².